The summed E-state index contributed by atoms with van der Waals surface area (Å²) in [5.74, 6) is 0.454. The van der Waals surface area contributed by atoms with Crippen LogP contribution in [0, 0.1) is 7.43 Å². The van der Waals surface area contributed by atoms with Gasteiger partial charge in [-0.15, -0.1) is 0 Å². The Kier molecular flexibility index (Phi) is 2.65. The highest BCUT2D eigenvalue weighted by molar-refractivity contribution is 5.79. The average molecular weight is 96.1 g/mol. The largest absolute Gasteiger partial charge is 0.300 e. The first-order valence-electron chi connectivity index (χ1n) is 2.41. The molecule has 0 aromatic rings. The number of carbonyl (C=O) groups excluding carboxylic acids is 1. The lowest BCUT2D eigenvalue weighted by atomic mass is 10.4. The molecular weight excluding hydrogens is 88.1 g/mol. The first-order valence-corrected chi connectivity index (χ1v) is 2.41. The summed E-state index contributed by atoms with van der Waals surface area (Å²) >= 11 is 0. The number of carbonyl (C=O) groups is 1. The topological polar surface area (TPSA) is 17.1 Å². The van der Waals surface area contributed by atoms with Crippen molar-refractivity contribution >= 4 is 5.78 Å². The van der Waals surface area contributed by atoms with Crippen molar-refractivity contribution < 1.29 is 4.79 Å². The Morgan fingerprint density at radius 2 is 1.57 bits per heavy atom. The van der Waals surface area contributed by atoms with Crippen LogP contribution in [-0.4, -0.2) is 5.78 Å². The van der Waals surface area contributed by atoms with Crippen molar-refractivity contribution in [3.8, 4) is 0 Å². The fraction of sp³-hybridized carbons (Fsp3) is 0.667. The van der Waals surface area contributed by atoms with E-state index in [-0.39, 0.29) is 7.43 Å². The number of hydrogen-bond donors (Lipinski definition) is 0. The Hall–Kier alpha value is -0.330. The molecule has 1 fully saturated rings. The Balaban J connectivity index is 0.000000360. The van der Waals surface area contributed by atoms with Crippen molar-refractivity contribution in [1.29, 1.82) is 0 Å². The van der Waals surface area contributed by atoms with E-state index < -0.39 is 0 Å². The summed E-state index contributed by atoms with van der Waals surface area (Å²) in [6, 6.07) is 0. The van der Waals surface area contributed by atoms with Crippen LogP contribution < -0.4 is 0 Å². The molecule has 1 nitrogen and oxygen atoms in total. The van der Waals surface area contributed by atoms with Crippen molar-refractivity contribution in [2.45, 2.75) is 25.7 Å². The van der Waals surface area contributed by atoms with E-state index in [1.165, 1.54) is 0 Å². The van der Waals surface area contributed by atoms with Crippen LogP contribution in [-0.2, 0) is 4.79 Å². The molecular formula is C6H8O. The summed E-state index contributed by atoms with van der Waals surface area (Å²) in [4.78, 5) is 10.2. The SMILES string of the molecule is O=C1CCCC1.[C]. The molecule has 0 bridgehead atoms. The van der Waals surface area contributed by atoms with Crippen LogP contribution in [0.15, 0.2) is 0 Å². The Labute approximate surface area is 44.7 Å². The van der Waals surface area contributed by atoms with Crippen molar-refractivity contribution in [3.05, 3.63) is 7.43 Å². The lowest BCUT2D eigenvalue weighted by molar-refractivity contribution is -0.117. The fourth-order valence-corrected chi connectivity index (χ4v) is 0.769. The van der Waals surface area contributed by atoms with Gasteiger partial charge in [-0.3, -0.25) is 4.79 Å². The highest BCUT2D eigenvalue weighted by Gasteiger charge is 2.07. The Bertz CT molecular complexity index is 58.6. The molecule has 7 heavy (non-hydrogen) atoms. The van der Waals surface area contributed by atoms with Gasteiger partial charge in [0.25, 0.3) is 0 Å². The van der Waals surface area contributed by atoms with Crippen LogP contribution in [0.2, 0.25) is 0 Å². The monoisotopic (exact) mass is 96.1 g/mol. The molecule has 0 heterocycles. The second kappa shape index (κ2) is 2.78. The van der Waals surface area contributed by atoms with Crippen molar-refractivity contribution in [2.75, 3.05) is 0 Å². The molecule has 0 spiro atoms. The van der Waals surface area contributed by atoms with Crippen LogP contribution in [0.3, 0.4) is 0 Å². The van der Waals surface area contributed by atoms with E-state index in [2.05, 4.69) is 0 Å². The van der Waals surface area contributed by atoms with Crippen LogP contribution in [0.1, 0.15) is 25.7 Å². The van der Waals surface area contributed by atoms with E-state index in [9.17, 15) is 4.79 Å². The van der Waals surface area contributed by atoms with E-state index in [1.54, 1.807) is 0 Å². The molecule has 1 aliphatic rings. The molecule has 1 heteroatoms. The second-order valence-electron chi connectivity index (χ2n) is 1.75. The third-order valence-electron chi connectivity index (χ3n) is 1.16. The zero-order valence-corrected chi connectivity index (χ0v) is 4.24. The third kappa shape index (κ3) is 1.72. The van der Waals surface area contributed by atoms with E-state index in [1.807, 2.05) is 0 Å². The summed E-state index contributed by atoms with van der Waals surface area (Å²) in [6.07, 6.45) is 3.97. The Morgan fingerprint density at radius 1 is 1.14 bits per heavy atom. The molecule has 1 rings (SSSR count). The smallest absolute Gasteiger partial charge is 0.132 e. The van der Waals surface area contributed by atoms with Crippen molar-refractivity contribution in [1.82, 2.24) is 0 Å². The van der Waals surface area contributed by atoms with E-state index >= 15 is 0 Å². The minimum Gasteiger partial charge on any atom is -0.300 e. The number of rotatable bonds is 0. The highest BCUT2D eigenvalue weighted by atomic mass is 16.1. The van der Waals surface area contributed by atoms with Gasteiger partial charge in [0, 0.05) is 20.3 Å². The summed E-state index contributed by atoms with van der Waals surface area (Å²) in [5.41, 5.74) is 0. The third-order valence-corrected chi connectivity index (χ3v) is 1.16. The van der Waals surface area contributed by atoms with Gasteiger partial charge in [0.15, 0.2) is 0 Å². The molecule has 38 valence electrons. The first kappa shape index (κ1) is 6.67. The molecule has 0 saturated heterocycles. The maximum absolute atomic E-state index is 10.2. The predicted molar refractivity (Wildman–Crippen MR) is 26.7 cm³/mol. The van der Waals surface area contributed by atoms with Crippen molar-refractivity contribution in [2.24, 2.45) is 0 Å². The standard InChI is InChI=1S/C5H8O.C/c6-5-3-1-2-4-5;/h1-4H2;. The lowest BCUT2D eigenvalue weighted by Crippen LogP contribution is -1.81. The van der Waals surface area contributed by atoms with Gasteiger partial charge in [-0.2, -0.15) is 0 Å². The van der Waals surface area contributed by atoms with E-state index in [0.29, 0.717) is 5.78 Å². The molecule has 0 aromatic carbocycles. The van der Waals surface area contributed by atoms with Crippen LogP contribution >= 0.6 is 0 Å². The highest BCUT2D eigenvalue weighted by Crippen LogP contribution is 2.11. The fourth-order valence-electron chi connectivity index (χ4n) is 0.769. The lowest BCUT2D eigenvalue weighted by Gasteiger charge is -1.71. The first-order chi connectivity index (χ1) is 2.89. The van der Waals surface area contributed by atoms with Gasteiger partial charge >= 0.3 is 0 Å². The minimum atomic E-state index is 0. The van der Waals surface area contributed by atoms with E-state index in [0.717, 1.165) is 25.7 Å². The average Bonchev–Trinajstić information content (AvgIpc) is 1.86. The minimum absolute atomic E-state index is 0. The number of hydrogen-bond acceptors (Lipinski definition) is 1. The molecule has 0 atom stereocenters. The predicted octanol–water partition coefficient (Wildman–Crippen LogP) is 1.21. The van der Waals surface area contributed by atoms with Crippen LogP contribution in [0.4, 0.5) is 0 Å². The molecule has 0 amide bonds. The van der Waals surface area contributed by atoms with E-state index in [4.69, 9.17) is 0 Å². The molecule has 0 unspecified atom stereocenters. The van der Waals surface area contributed by atoms with Crippen LogP contribution in [0.5, 0.6) is 0 Å². The zero-order chi connectivity index (χ0) is 4.41. The molecule has 1 saturated carbocycles. The number of ketones is 1. The summed E-state index contributed by atoms with van der Waals surface area (Å²) in [6.45, 7) is 0. The molecule has 0 N–H and O–H groups in total. The molecule has 1 aliphatic carbocycles. The van der Waals surface area contributed by atoms with Gasteiger partial charge in [0.05, 0.1) is 0 Å². The van der Waals surface area contributed by atoms with Crippen LogP contribution in [0.25, 0.3) is 0 Å². The van der Waals surface area contributed by atoms with Gasteiger partial charge < -0.3 is 0 Å². The number of Topliss-reactive ketones (excluding diaryl/α,β-unsaturated/α-hetero) is 1. The zero-order valence-electron chi connectivity index (χ0n) is 4.24. The molecule has 4 radical (unpaired) electrons. The summed E-state index contributed by atoms with van der Waals surface area (Å²) in [5, 5.41) is 0. The maximum atomic E-state index is 10.2. The molecule has 0 aliphatic heterocycles. The van der Waals surface area contributed by atoms with Gasteiger partial charge in [-0.1, -0.05) is 0 Å². The summed E-state index contributed by atoms with van der Waals surface area (Å²) in [7, 11) is 0. The quantitative estimate of drug-likeness (QED) is 0.443. The molecule has 0 aromatic heterocycles. The normalized spacial score (nSPS) is 19.1. The van der Waals surface area contributed by atoms with Crippen molar-refractivity contribution in [3.63, 3.8) is 0 Å². The van der Waals surface area contributed by atoms with Gasteiger partial charge in [-0.25, -0.2) is 0 Å². The van der Waals surface area contributed by atoms with Gasteiger partial charge in [0.2, 0.25) is 0 Å². The Morgan fingerprint density at radius 3 is 1.71 bits per heavy atom. The second-order valence-corrected chi connectivity index (χ2v) is 1.75. The van der Waals surface area contributed by atoms with Gasteiger partial charge in [-0.05, 0) is 12.8 Å². The van der Waals surface area contributed by atoms with Gasteiger partial charge in [0.1, 0.15) is 5.78 Å². The summed E-state index contributed by atoms with van der Waals surface area (Å²) < 4.78 is 0. The maximum Gasteiger partial charge on any atom is 0.132 e.